The molecule has 0 spiro atoms. The molecule has 0 radical (unpaired) electrons. The van der Waals surface area contributed by atoms with Crippen molar-refractivity contribution < 1.29 is 14.4 Å². The van der Waals surface area contributed by atoms with Gasteiger partial charge in [0.15, 0.2) is 0 Å². The topological polar surface area (TPSA) is 75.3 Å². The summed E-state index contributed by atoms with van der Waals surface area (Å²) in [5.74, 6) is -0.827. The molecular formula is C5H6N2O3. The van der Waals surface area contributed by atoms with Crippen LogP contribution in [-0.2, 0) is 9.59 Å². The standard InChI is InChI=1S/C5H6N2O3/c8-3-1-2-4(9)7-5(10)6-3/h1-2H2,(H2,6,7,8,9,10). The Morgan fingerprint density at radius 2 is 1.30 bits per heavy atom. The number of carbonyl (C=O) groups excluding carboxylic acids is 3. The molecule has 1 saturated heterocycles. The van der Waals surface area contributed by atoms with E-state index >= 15 is 0 Å². The zero-order valence-electron chi connectivity index (χ0n) is 5.14. The van der Waals surface area contributed by atoms with Gasteiger partial charge in [0.1, 0.15) is 0 Å². The summed E-state index contributed by atoms with van der Waals surface area (Å²) in [7, 11) is 0. The highest BCUT2D eigenvalue weighted by Gasteiger charge is 2.16. The minimum atomic E-state index is -0.729. The molecule has 0 unspecified atom stereocenters. The van der Waals surface area contributed by atoms with Gasteiger partial charge >= 0.3 is 6.03 Å². The number of rotatable bonds is 0. The van der Waals surface area contributed by atoms with E-state index in [1.54, 1.807) is 0 Å². The van der Waals surface area contributed by atoms with Gasteiger partial charge < -0.3 is 0 Å². The Bertz CT molecular complexity index is 179. The van der Waals surface area contributed by atoms with Crippen LogP contribution in [0.1, 0.15) is 12.8 Å². The predicted molar refractivity (Wildman–Crippen MR) is 30.9 cm³/mol. The minimum Gasteiger partial charge on any atom is -0.278 e. The summed E-state index contributed by atoms with van der Waals surface area (Å²) in [4.78, 5) is 31.5. The van der Waals surface area contributed by atoms with Gasteiger partial charge in [-0.2, -0.15) is 0 Å². The SMILES string of the molecule is O=C1CCC(=O)NC(=O)N1. The van der Waals surface area contributed by atoms with Crippen LogP contribution >= 0.6 is 0 Å². The third-order valence-electron chi connectivity index (χ3n) is 1.09. The van der Waals surface area contributed by atoms with Gasteiger partial charge in [0.2, 0.25) is 11.8 Å². The molecule has 5 nitrogen and oxygen atoms in total. The largest absolute Gasteiger partial charge is 0.328 e. The summed E-state index contributed by atoms with van der Waals surface area (Å²) in [5, 5.41) is 3.92. The number of carbonyl (C=O) groups is 3. The molecule has 54 valence electrons. The molecule has 1 rings (SSSR count). The molecule has 1 aliphatic heterocycles. The van der Waals surface area contributed by atoms with Crippen molar-refractivity contribution in [3.8, 4) is 0 Å². The van der Waals surface area contributed by atoms with Crippen LogP contribution in [0.5, 0.6) is 0 Å². The van der Waals surface area contributed by atoms with Gasteiger partial charge in [-0.25, -0.2) is 4.79 Å². The third-order valence-corrected chi connectivity index (χ3v) is 1.09. The summed E-state index contributed by atoms with van der Waals surface area (Å²) in [5.41, 5.74) is 0. The molecule has 0 saturated carbocycles. The molecule has 0 aromatic carbocycles. The van der Waals surface area contributed by atoms with Crippen LogP contribution in [0.15, 0.2) is 0 Å². The van der Waals surface area contributed by atoms with Crippen LogP contribution < -0.4 is 10.6 Å². The Hall–Kier alpha value is -1.39. The van der Waals surface area contributed by atoms with Gasteiger partial charge in [0.25, 0.3) is 0 Å². The maximum atomic E-state index is 10.5. The normalized spacial score (nSPS) is 19.4. The zero-order valence-corrected chi connectivity index (χ0v) is 5.14. The predicted octanol–water partition coefficient (Wildman–Crippen LogP) is -0.867. The molecule has 0 bridgehead atoms. The second kappa shape index (κ2) is 2.47. The second-order valence-electron chi connectivity index (χ2n) is 1.93. The molecule has 1 aliphatic rings. The number of hydrogen-bond donors (Lipinski definition) is 2. The van der Waals surface area contributed by atoms with Crippen molar-refractivity contribution in [1.82, 2.24) is 10.6 Å². The van der Waals surface area contributed by atoms with E-state index in [2.05, 4.69) is 0 Å². The molecule has 0 aromatic heterocycles. The lowest BCUT2D eigenvalue weighted by atomic mass is 10.3. The van der Waals surface area contributed by atoms with E-state index in [9.17, 15) is 14.4 Å². The molecule has 5 heteroatoms. The zero-order chi connectivity index (χ0) is 7.56. The van der Waals surface area contributed by atoms with Crippen molar-refractivity contribution in [3.63, 3.8) is 0 Å². The van der Waals surface area contributed by atoms with Crippen LogP contribution in [0.25, 0.3) is 0 Å². The lowest BCUT2D eigenvalue weighted by molar-refractivity contribution is -0.123. The van der Waals surface area contributed by atoms with Crippen LogP contribution in [0.3, 0.4) is 0 Å². The highest BCUT2D eigenvalue weighted by atomic mass is 16.2. The molecule has 1 fully saturated rings. The van der Waals surface area contributed by atoms with Crippen molar-refractivity contribution in [3.05, 3.63) is 0 Å². The fourth-order valence-corrected chi connectivity index (χ4v) is 0.637. The van der Waals surface area contributed by atoms with E-state index in [4.69, 9.17) is 0 Å². The van der Waals surface area contributed by atoms with Gasteiger partial charge in [-0.15, -0.1) is 0 Å². The summed E-state index contributed by atoms with van der Waals surface area (Å²) in [6.45, 7) is 0. The summed E-state index contributed by atoms with van der Waals surface area (Å²) in [6, 6.07) is -0.729. The summed E-state index contributed by atoms with van der Waals surface area (Å²) < 4.78 is 0. The highest BCUT2D eigenvalue weighted by molar-refractivity contribution is 6.05. The van der Waals surface area contributed by atoms with E-state index in [0.29, 0.717) is 0 Å². The number of urea groups is 1. The monoisotopic (exact) mass is 142 g/mol. The van der Waals surface area contributed by atoms with E-state index in [0.717, 1.165) is 0 Å². The maximum absolute atomic E-state index is 10.5. The minimum absolute atomic E-state index is 0.0809. The van der Waals surface area contributed by atoms with Gasteiger partial charge in [0.05, 0.1) is 0 Å². The van der Waals surface area contributed by atoms with Crippen LogP contribution in [-0.4, -0.2) is 17.8 Å². The van der Waals surface area contributed by atoms with E-state index < -0.39 is 17.8 Å². The Morgan fingerprint density at radius 3 is 1.70 bits per heavy atom. The third kappa shape index (κ3) is 1.54. The average molecular weight is 142 g/mol. The highest BCUT2D eigenvalue weighted by Crippen LogP contribution is 1.92. The first-order valence-electron chi connectivity index (χ1n) is 2.82. The molecule has 10 heavy (non-hydrogen) atoms. The molecular weight excluding hydrogens is 136 g/mol. The molecule has 2 N–H and O–H groups in total. The first-order chi connectivity index (χ1) is 4.68. The van der Waals surface area contributed by atoms with Crippen LogP contribution in [0.4, 0.5) is 4.79 Å². The van der Waals surface area contributed by atoms with Crippen molar-refractivity contribution >= 4 is 17.8 Å². The lowest BCUT2D eigenvalue weighted by Crippen LogP contribution is -2.38. The van der Waals surface area contributed by atoms with Gasteiger partial charge in [0, 0.05) is 12.8 Å². The Kier molecular flexibility index (Phi) is 1.66. The Morgan fingerprint density at radius 1 is 0.900 bits per heavy atom. The quantitative estimate of drug-likeness (QED) is 0.461. The molecule has 0 aliphatic carbocycles. The summed E-state index contributed by atoms with van der Waals surface area (Å²) >= 11 is 0. The van der Waals surface area contributed by atoms with Crippen molar-refractivity contribution in [2.75, 3.05) is 0 Å². The average Bonchev–Trinajstić information content (AvgIpc) is 1.93. The number of hydrogen-bond acceptors (Lipinski definition) is 3. The van der Waals surface area contributed by atoms with Crippen molar-refractivity contribution in [1.29, 1.82) is 0 Å². The molecule has 4 amide bonds. The van der Waals surface area contributed by atoms with Crippen LogP contribution in [0, 0.1) is 0 Å². The van der Waals surface area contributed by atoms with E-state index in [-0.39, 0.29) is 12.8 Å². The van der Waals surface area contributed by atoms with Crippen molar-refractivity contribution in [2.45, 2.75) is 12.8 Å². The van der Waals surface area contributed by atoms with Gasteiger partial charge in [-0.1, -0.05) is 0 Å². The molecule has 1 heterocycles. The van der Waals surface area contributed by atoms with E-state index in [1.165, 1.54) is 0 Å². The van der Waals surface area contributed by atoms with Crippen molar-refractivity contribution in [2.24, 2.45) is 0 Å². The Labute approximate surface area is 56.8 Å². The fraction of sp³-hybridized carbons (Fsp3) is 0.400. The first kappa shape index (κ1) is 6.73. The first-order valence-corrected chi connectivity index (χ1v) is 2.82. The number of nitrogens with one attached hydrogen (secondary N) is 2. The number of imide groups is 2. The lowest BCUT2D eigenvalue weighted by Gasteiger charge is -1.94. The maximum Gasteiger partial charge on any atom is 0.328 e. The molecule has 0 atom stereocenters. The van der Waals surface area contributed by atoms with Gasteiger partial charge in [-0.05, 0) is 0 Å². The summed E-state index contributed by atoms with van der Waals surface area (Å²) in [6.07, 6.45) is 0.162. The second-order valence-corrected chi connectivity index (χ2v) is 1.93. The van der Waals surface area contributed by atoms with E-state index in [1.807, 2.05) is 10.6 Å². The fourth-order valence-electron chi connectivity index (χ4n) is 0.637. The van der Waals surface area contributed by atoms with Crippen LogP contribution in [0.2, 0.25) is 0 Å². The molecule has 0 aromatic rings. The smallest absolute Gasteiger partial charge is 0.278 e. The Balaban J connectivity index is 2.63. The number of amides is 4. The van der Waals surface area contributed by atoms with Gasteiger partial charge in [-0.3, -0.25) is 20.2 Å².